The predicted octanol–water partition coefficient (Wildman–Crippen LogP) is 3.71. The third-order valence-electron chi connectivity index (χ3n) is 7.15. The Bertz CT molecular complexity index is 1670. The highest BCUT2D eigenvalue weighted by Gasteiger charge is 2.33. The number of nitro benzene ring substituents is 1. The molecule has 5 rings (SSSR count). The molecule has 1 atom stereocenters. The van der Waals surface area contributed by atoms with Crippen LogP contribution in [-0.2, 0) is 9.53 Å². The average molecular weight is 563 g/mol. The SMILES string of the molecule is CCOC(=O)C1=C(C)N=c2sc(=Cc3cc([N+](=O)[O-])ccc3N3CCCCC3)c(=O)n2[C@H]1c1ccc(OC)cc1. The number of hydrogen-bond acceptors (Lipinski definition) is 9. The molecular weight excluding hydrogens is 532 g/mol. The van der Waals surface area contributed by atoms with Crippen molar-refractivity contribution in [2.24, 2.45) is 4.99 Å². The van der Waals surface area contributed by atoms with Crippen LogP contribution in [0.2, 0.25) is 0 Å². The van der Waals surface area contributed by atoms with Crippen LogP contribution in [0.15, 0.2) is 63.5 Å². The minimum atomic E-state index is -0.755. The second kappa shape index (κ2) is 11.5. The number of esters is 1. The zero-order valence-corrected chi connectivity index (χ0v) is 23.4. The molecule has 40 heavy (non-hydrogen) atoms. The van der Waals surface area contributed by atoms with Gasteiger partial charge >= 0.3 is 5.97 Å². The van der Waals surface area contributed by atoms with E-state index in [-0.39, 0.29) is 23.4 Å². The topological polar surface area (TPSA) is 116 Å². The van der Waals surface area contributed by atoms with Crippen molar-refractivity contribution in [2.45, 2.75) is 39.2 Å². The van der Waals surface area contributed by atoms with E-state index in [2.05, 4.69) is 9.89 Å². The molecule has 11 heteroatoms. The van der Waals surface area contributed by atoms with E-state index in [1.807, 2.05) is 12.1 Å². The van der Waals surface area contributed by atoms with Crippen LogP contribution in [-0.4, -0.2) is 42.3 Å². The molecule has 2 aromatic carbocycles. The summed E-state index contributed by atoms with van der Waals surface area (Å²) in [4.78, 5) is 45.5. The van der Waals surface area contributed by atoms with Gasteiger partial charge in [0.1, 0.15) is 5.75 Å². The molecule has 1 aromatic heterocycles. The third-order valence-corrected chi connectivity index (χ3v) is 8.14. The lowest BCUT2D eigenvalue weighted by Crippen LogP contribution is -2.40. The molecule has 0 saturated carbocycles. The highest BCUT2D eigenvalue weighted by atomic mass is 32.1. The molecule has 0 radical (unpaired) electrons. The molecule has 0 amide bonds. The van der Waals surface area contributed by atoms with E-state index in [1.165, 1.54) is 28.0 Å². The first kappa shape index (κ1) is 27.3. The Morgan fingerprint density at radius 1 is 1.18 bits per heavy atom. The van der Waals surface area contributed by atoms with Crippen molar-refractivity contribution in [3.63, 3.8) is 0 Å². The summed E-state index contributed by atoms with van der Waals surface area (Å²) in [6.07, 6.45) is 4.92. The number of methoxy groups -OCH3 is 1. The summed E-state index contributed by atoms with van der Waals surface area (Å²) >= 11 is 1.19. The van der Waals surface area contributed by atoms with Crippen LogP contribution in [0, 0.1) is 10.1 Å². The summed E-state index contributed by atoms with van der Waals surface area (Å²) in [7, 11) is 1.57. The highest BCUT2D eigenvalue weighted by molar-refractivity contribution is 7.07. The number of carbonyl (C=O) groups is 1. The van der Waals surface area contributed by atoms with Gasteiger partial charge in [-0.15, -0.1) is 0 Å². The molecular formula is C29H30N4O6S. The maximum Gasteiger partial charge on any atom is 0.338 e. The van der Waals surface area contributed by atoms with Crippen molar-refractivity contribution in [2.75, 3.05) is 31.7 Å². The number of nitrogens with zero attached hydrogens (tertiary/aromatic N) is 4. The van der Waals surface area contributed by atoms with Gasteiger partial charge in [-0.2, -0.15) is 0 Å². The van der Waals surface area contributed by atoms with Crippen molar-refractivity contribution in [3.05, 3.63) is 94.7 Å². The second-order valence-electron chi connectivity index (χ2n) is 9.62. The van der Waals surface area contributed by atoms with Crippen molar-refractivity contribution >= 4 is 34.8 Å². The number of hydrogen-bond donors (Lipinski definition) is 0. The maximum atomic E-state index is 14.0. The number of aromatic nitrogens is 1. The van der Waals surface area contributed by atoms with Crippen molar-refractivity contribution in [3.8, 4) is 5.75 Å². The predicted molar refractivity (Wildman–Crippen MR) is 153 cm³/mol. The fourth-order valence-electron chi connectivity index (χ4n) is 5.23. The minimum Gasteiger partial charge on any atom is -0.497 e. The number of allylic oxidation sites excluding steroid dienone is 1. The maximum absolute atomic E-state index is 14.0. The molecule has 10 nitrogen and oxygen atoms in total. The molecule has 0 spiro atoms. The molecule has 1 fully saturated rings. The lowest BCUT2D eigenvalue weighted by atomic mass is 9.96. The van der Waals surface area contributed by atoms with E-state index in [4.69, 9.17) is 9.47 Å². The zero-order valence-electron chi connectivity index (χ0n) is 22.6. The molecule has 0 bridgehead atoms. The van der Waals surface area contributed by atoms with Gasteiger partial charge in [-0.1, -0.05) is 23.5 Å². The van der Waals surface area contributed by atoms with E-state index in [0.717, 1.165) is 38.0 Å². The number of piperidine rings is 1. The summed E-state index contributed by atoms with van der Waals surface area (Å²) < 4.78 is 12.5. The van der Waals surface area contributed by atoms with E-state index in [9.17, 15) is 19.7 Å². The first-order valence-electron chi connectivity index (χ1n) is 13.2. The first-order valence-corrected chi connectivity index (χ1v) is 14.0. The smallest absolute Gasteiger partial charge is 0.338 e. The van der Waals surface area contributed by atoms with Gasteiger partial charge in [0, 0.05) is 36.5 Å². The number of carbonyl (C=O) groups excluding carboxylic acids is 1. The van der Waals surface area contributed by atoms with Gasteiger partial charge in [0.2, 0.25) is 0 Å². The standard InChI is InChI=1S/C29H30N4O6S/c1-4-39-28(35)25-18(2)30-29-32(26(25)19-8-11-22(38-3)12-9-19)27(34)24(40-29)17-20-16-21(33(36)37)10-13-23(20)31-14-6-5-7-15-31/h8-13,16-17,26H,4-7,14-15H2,1-3H3/t26-/m0/s1. The average Bonchev–Trinajstić information content (AvgIpc) is 3.26. The number of fused-ring (bicyclic) bond motifs is 1. The molecule has 0 N–H and O–H groups in total. The van der Waals surface area contributed by atoms with Crippen LogP contribution < -0.4 is 24.5 Å². The fraction of sp³-hybridized carbons (Fsp3) is 0.345. The molecule has 2 aliphatic heterocycles. The molecule has 0 aliphatic carbocycles. The van der Waals surface area contributed by atoms with Crippen molar-refractivity contribution in [1.82, 2.24) is 4.57 Å². The normalized spacial score (nSPS) is 17.3. The zero-order chi connectivity index (χ0) is 28.4. The van der Waals surface area contributed by atoms with Crippen LogP contribution >= 0.6 is 11.3 Å². The van der Waals surface area contributed by atoms with Gasteiger partial charge in [-0.25, -0.2) is 9.79 Å². The summed E-state index contributed by atoms with van der Waals surface area (Å²) in [6, 6.07) is 11.2. The number of benzene rings is 2. The number of anilines is 1. The summed E-state index contributed by atoms with van der Waals surface area (Å²) in [5.41, 5.74) is 2.53. The Morgan fingerprint density at radius 3 is 2.55 bits per heavy atom. The van der Waals surface area contributed by atoms with Gasteiger partial charge in [-0.3, -0.25) is 19.5 Å². The second-order valence-corrected chi connectivity index (χ2v) is 10.6. The minimum absolute atomic E-state index is 0.0451. The monoisotopic (exact) mass is 562 g/mol. The van der Waals surface area contributed by atoms with Gasteiger partial charge in [0.15, 0.2) is 4.80 Å². The highest BCUT2D eigenvalue weighted by Crippen LogP contribution is 2.32. The lowest BCUT2D eigenvalue weighted by molar-refractivity contribution is -0.384. The third kappa shape index (κ3) is 5.16. The molecule has 0 unspecified atom stereocenters. The summed E-state index contributed by atoms with van der Waals surface area (Å²) in [5, 5.41) is 11.6. The van der Waals surface area contributed by atoms with E-state index >= 15 is 0 Å². The van der Waals surface area contributed by atoms with E-state index < -0.39 is 16.9 Å². The molecule has 208 valence electrons. The Kier molecular flexibility index (Phi) is 7.83. The lowest BCUT2D eigenvalue weighted by Gasteiger charge is -2.30. The Balaban J connectivity index is 1.70. The van der Waals surface area contributed by atoms with Gasteiger partial charge in [0.05, 0.1) is 40.5 Å². The molecule has 3 heterocycles. The number of rotatable bonds is 7. The van der Waals surface area contributed by atoms with E-state index in [0.29, 0.717) is 31.9 Å². The quantitative estimate of drug-likeness (QED) is 0.245. The Hall–Kier alpha value is -4.25. The van der Waals surface area contributed by atoms with Crippen LogP contribution in [0.3, 0.4) is 0 Å². The molecule has 1 saturated heterocycles. The van der Waals surface area contributed by atoms with Gasteiger partial charge < -0.3 is 14.4 Å². The summed E-state index contributed by atoms with van der Waals surface area (Å²) in [6.45, 7) is 5.33. The van der Waals surface area contributed by atoms with Crippen LogP contribution in [0.25, 0.3) is 6.08 Å². The number of non-ortho nitro benzene ring substituents is 1. The largest absolute Gasteiger partial charge is 0.497 e. The first-order chi connectivity index (χ1) is 19.3. The molecule has 2 aliphatic rings. The van der Waals surface area contributed by atoms with Crippen LogP contribution in [0.4, 0.5) is 11.4 Å². The van der Waals surface area contributed by atoms with Crippen LogP contribution in [0.1, 0.15) is 50.3 Å². The number of ether oxygens (including phenoxy) is 2. The van der Waals surface area contributed by atoms with Gasteiger partial charge in [-0.05, 0) is 62.9 Å². The fourth-order valence-corrected chi connectivity index (χ4v) is 6.27. The number of thiazole rings is 1. The van der Waals surface area contributed by atoms with Crippen molar-refractivity contribution < 1.29 is 19.2 Å². The van der Waals surface area contributed by atoms with Crippen molar-refractivity contribution in [1.29, 1.82) is 0 Å². The summed E-state index contributed by atoms with van der Waals surface area (Å²) in [5.74, 6) is 0.107. The van der Waals surface area contributed by atoms with Gasteiger partial charge in [0.25, 0.3) is 11.2 Å². The Morgan fingerprint density at radius 2 is 1.90 bits per heavy atom. The Labute approximate surface area is 234 Å². The molecule has 3 aromatic rings. The van der Waals surface area contributed by atoms with E-state index in [1.54, 1.807) is 45.2 Å². The van der Waals surface area contributed by atoms with Crippen LogP contribution in [0.5, 0.6) is 5.75 Å². The number of nitro groups is 1.